The first kappa shape index (κ1) is 17.1. The predicted octanol–water partition coefficient (Wildman–Crippen LogP) is 5.34. The van der Waals surface area contributed by atoms with Gasteiger partial charge in [0, 0.05) is 6.21 Å². The van der Waals surface area contributed by atoms with Gasteiger partial charge in [-0.05, 0) is 29.3 Å². The van der Waals surface area contributed by atoms with Crippen LogP contribution in [-0.2, 0) is 18.9 Å². The maximum Gasteiger partial charge on any atom is 0.416 e. The van der Waals surface area contributed by atoms with Crippen LogP contribution in [0, 0.1) is 0 Å². The van der Waals surface area contributed by atoms with Gasteiger partial charge < -0.3 is 0 Å². The zero-order valence-electron chi connectivity index (χ0n) is 11.6. The highest BCUT2D eigenvalue weighted by Crippen LogP contribution is 2.36. The summed E-state index contributed by atoms with van der Waals surface area (Å²) in [6.45, 7) is -0.276. The Balaban J connectivity index is 2.29. The molecule has 1 nitrogen and oxygen atoms in total. The lowest BCUT2D eigenvalue weighted by atomic mass is 10.0. The summed E-state index contributed by atoms with van der Waals surface area (Å²) in [6.07, 6.45) is -8.30. The van der Waals surface area contributed by atoms with E-state index in [-0.39, 0.29) is 18.2 Å². The van der Waals surface area contributed by atoms with E-state index >= 15 is 0 Å². The van der Waals surface area contributed by atoms with Gasteiger partial charge in [0.15, 0.2) is 0 Å². The van der Waals surface area contributed by atoms with Crippen LogP contribution >= 0.6 is 0 Å². The molecule has 2 aromatic carbocycles. The third-order valence-electron chi connectivity index (χ3n) is 2.96. The number of rotatable bonds is 3. The quantitative estimate of drug-likeness (QED) is 0.531. The van der Waals surface area contributed by atoms with E-state index in [1.54, 1.807) is 30.3 Å². The summed E-state index contributed by atoms with van der Waals surface area (Å²) >= 11 is 0. The minimum absolute atomic E-state index is 0.102. The average molecular weight is 331 g/mol. The molecule has 7 heteroatoms. The number of nitrogens with zero attached hydrogens (tertiary/aromatic N) is 1. The molecular weight excluding hydrogens is 320 g/mol. The summed E-state index contributed by atoms with van der Waals surface area (Å²) in [5.41, 5.74) is -2.12. The summed E-state index contributed by atoms with van der Waals surface area (Å²) in [4.78, 5) is 3.90. The molecule has 0 aliphatic rings. The third-order valence-corrected chi connectivity index (χ3v) is 2.96. The Kier molecular flexibility index (Phi) is 4.77. The summed E-state index contributed by atoms with van der Waals surface area (Å²) in [5.74, 6) is 0. The second-order valence-electron chi connectivity index (χ2n) is 4.79. The second-order valence-corrected chi connectivity index (χ2v) is 4.79. The van der Waals surface area contributed by atoms with Crippen LogP contribution in [0.2, 0.25) is 0 Å². The van der Waals surface area contributed by atoms with Crippen molar-refractivity contribution in [2.24, 2.45) is 4.99 Å². The molecule has 0 aromatic heterocycles. The lowest BCUT2D eigenvalue weighted by molar-refractivity contribution is -0.143. The first-order chi connectivity index (χ1) is 10.7. The number of hydrogen-bond donors (Lipinski definition) is 0. The monoisotopic (exact) mass is 331 g/mol. The van der Waals surface area contributed by atoms with Gasteiger partial charge in [-0.15, -0.1) is 0 Å². The summed E-state index contributed by atoms with van der Waals surface area (Å²) in [7, 11) is 0. The Morgan fingerprint density at radius 3 is 1.78 bits per heavy atom. The standard InChI is InChI=1S/C16H11F6N/c17-15(18,19)13-6-12(7-14(8-13)16(20,21)22)10-23-9-11-4-2-1-3-5-11/h1-9H,10H2. The summed E-state index contributed by atoms with van der Waals surface area (Å²) in [6, 6.07) is 10.2. The molecule has 0 saturated heterocycles. The molecule has 0 fully saturated rings. The van der Waals surface area contributed by atoms with Crippen molar-refractivity contribution in [3.8, 4) is 0 Å². The van der Waals surface area contributed by atoms with Crippen molar-refractivity contribution in [3.05, 3.63) is 70.8 Å². The molecule has 122 valence electrons. The summed E-state index contributed by atoms with van der Waals surface area (Å²) < 4.78 is 76.3. The van der Waals surface area contributed by atoms with Crippen molar-refractivity contribution in [1.82, 2.24) is 0 Å². The topological polar surface area (TPSA) is 12.4 Å². The summed E-state index contributed by atoms with van der Waals surface area (Å²) in [5, 5.41) is 0. The Bertz CT molecular complexity index is 654. The van der Waals surface area contributed by atoms with Crippen molar-refractivity contribution < 1.29 is 26.3 Å². The minimum atomic E-state index is -4.85. The van der Waals surface area contributed by atoms with E-state index in [1.165, 1.54) is 6.21 Å². The first-order valence-electron chi connectivity index (χ1n) is 6.49. The number of alkyl halides is 6. The molecule has 0 aliphatic heterocycles. The molecule has 0 spiro atoms. The number of hydrogen-bond acceptors (Lipinski definition) is 1. The van der Waals surface area contributed by atoms with E-state index in [1.807, 2.05) is 0 Å². The van der Waals surface area contributed by atoms with Gasteiger partial charge in [-0.1, -0.05) is 30.3 Å². The van der Waals surface area contributed by atoms with E-state index in [0.29, 0.717) is 17.7 Å². The zero-order valence-corrected chi connectivity index (χ0v) is 11.6. The highest BCUT2D eigenvalue weighted by Gasteiger charge is 2.36. The Hall–Kier alpha value is -2.31. The first-order valence-corrected chi connectivity index (χ1v) is 6.49. The van der Waals surface area contributed by atoms with E-state index in [2.05, 4.69) is 4.99 Å². The van der Waals surface area contributed by atoms with Crippen LogP contribution in [0.3, 0.4) is 0 Å². The van der Waals surface area contributed by atoms with Gasteiger partial charge in [-0.2, -0.15) is 26.3 Å². The van der Waals surface area contributed by atoms with Crippen LogP contribution in [0.4, 0.5) is 26.3 Å². The second kappa shape index (κ2) is 6.44. The Morgan fingerprint density at radius 1 is 0.783 bits per heavy atom. The molecule has 0 unspecified atom stereocenters. The molecule has 2 rings (SSSR count). The van der Waals surface area contributed by atoms with Crippen LogP contribution in [-0.4, -0.2) is 6.21 Å². The van der Waals surface area contributed by atoms with Crippen LogP contribution in [0.1, 0.15) is 22.3 Å². The molecule has 0 atom stereocenters. The molecular formula is C16H11F6N. The van der Waals surface area contributed by atoms with E-state index in [4.69, 9.17) is 0 Å². The molecule has 0 radical (unpaired) electrons. The maximum atomic E-state index is 12.7. The smallest absolute Gasteiger partial charge is 0.288 e. The third kappa shape index (κ3) is 4.84. The van der Waals surface area contributed by atoms with Crippen LogP contribution in [0.15, 0.2) is 53.5 Å². The Labute approximate surface area is 128 Å². The number of halogens is 6. The van der Waals surface area contributed by atoms with E-state index < -0.39 is 23.5 Å². The van der Waals surface area contributed by atoms with Crippen molar-refractivity contribution in [2.75, 3.05) is 0 Å². The van der Waals surface area contributed by atoms with Crippen molar-refractivity contribution in [3.63, 3.8) is 0 Å². The van der Waals surface area contributed by atoms with Crippen molar-refractivity contribution >= 4 is 6.21 Å². The average Bonchev–Trinajstić information content (AvgIpc) is 2.46. The SMILES string of the molecule is FC(F)(F)c1cc(CN=Cc2ccccc2)cc(C(F)(F)F)c1. The van der Waals surface area contributed by atoms with Gasteiger partial charge in [0.25, 0.3) is 0 Å². The zero-order chi connectivity index (χ0) is 17.1. The van der Waals surface area contributed by atoms with Crippen molar-refractivity contribution in [1.29, 1.82) is 0 Å². The minimum Gasteiger partial charge on any atom is -0.288 e. The van der Waals surface area contributed by atoms with Gasteiger partial charge >= 0.3 is 12.4 Å². The van der Waals surface area contributed by atoms with Gasteiger partial charge in [0.05, 0.1) is 17.7 Å². The maximum absolute atomic E-state index is 12.7. The number of aliphatic imine (C=N–C) groups is 1. The van der Waals surface area contributed by atoms with Crippen LogP contribution in [0.25, 0.3) is 0 Å². The molecule has 0 saturated carbocycles. The molecule has 0 bridgehead atoms. The molecule has 23 heavy (non-hydrogen) atoms. The Morgan fingerprint density at radius 2 is 1.30 bits per heavy atom. The number of benzene rings is 2. The van der Waals surface area contributed by atoms with Crippen LogP contribution < -0.4 is 0 Å². The van der Waals surface area contributed by atoms with E-state index in [9.17, 15) is 26.3 Å². The molecule has 0 aliphatic carbocycles. The fourth-order valence-electron chi connectivity index (χ4n) is 1.91. The lowest BCUT2D eigenvalue weighted by Gasteiger charge is -2.13. The lowest BCUT2D eigenvalue weighted by Crippen LogP contribution is -2.11. The normalized spacial score (nSPS) is 12.8. The fourth-order valence-corrected chi connectivity index (χ4v) is 1.91. The molecule has 0 N–H and O–H groups in total. The van der Waals surface area contributed by atoms with E-state index in [0.717, 1.165) is 0 Å². The van der Waals surface area contributed by atoms with Crippen LogP contribution in [0.5, 0.6) is 0 Å². The van der Waals surface area contributed by atoms with Gasteiger partial charge in [-0.25, -0.2) is 0 Å². The molecule has 0 amide bonds. The van der Waals surface area contributed by atoms with Crippen molar-refractivity contribution in [2.45, 2.75) is 18.9 Å². The highest BCUT2D eigenvalue weighted by molar-refractivity contribution is 5.79. The van der Waals surface area contributed by atoms with Gasteiger partial charge in [-0.3, -0.25) is 4.99 Å². The molecule has 0 heterocycles. The fraction of sp³-hybridized carbons (Fsp3) is 0.188. The predicted molar refractivity (Wildman–Crippen MR) is 74.2 cm³/mol. The van der Waals surface area contributed by atoms with Gasteiger partial charge in [0.2, 0.25) is 0 Å². The molecule has 2 aromatic rings. The highest BCUT2D eigenvalue weighted by atomic mass is 19.4. The largest absolute Gasteiger partial charge is 0.416 e. The van der Waals surface area contributed by atoms with Gasteiger partial charge in [0.1, 0.15) is 0 Å².